The highest BCUT2D eigenvalue weighted by molar-refractivity contribution is 6.32. The van der Waals surface area contributed by atoms with E-state index in [1.54, 1.807) is 7.11 Å². The predicted molar refractivity (Wildman–Crippen MR) is 86.0 cm³/mol. The van der Waals surface area contributed by atoms with Crippen molar-refractivity contribution in [3.63, 3.8) is 0 Å². The standard InChI is InChI=1S/C16H21ClN2O2/c1-19(2)9-8-18-11-13-5-7-15(21-13)12-4-6-16(20-3)14(17)10-12/h4-7,10,18H,8-9,11H2,1-3H3. The molecule has 0 radical (unpaired) electrons. The summed E-state index contributed by atoms with van der Waals surface area (Å²) in [4.78, 5) is 2.14. The summed E-state index contributed by atoms with van der Waals surface area (Å²) in [5, 5.41) is 3.93. The summed E-state index contributed by atoms with van der Waals surface area (Å²) in [5.41, 5.74) is 0.945. The molecule has 0 aliphatic rings. The number of rotatable bonds is 7. The second-order valence-electron chi connectivity index (χ2n) is 5.10. The van der Waals surface area contributed by atoms with Gasteiger partial charge in [-0.25, -0.2) is 0 Å². The first-order valence-corrected chi connectivity index (χ1v) is 7.26. The molecule has 1 aromatic carbocycles. The molecule has 1 aromatic heterocycles. The molecule has 114 valence electrons. The highest BCUT2D eigenvalue weighted by atomic mass is 35.5. The lowest BCUT2D eigenvalue weighted by molar-refractivity contribution is 0.392. The molecule has 4 nitrogen and oxygen atoms in total. The summed E-state index contributed by atoms with van der Waals surface area (Å²) >= 11 is 6.13. The van der Waals surface area contributed by atoms with Crippen LogP contribution in [0.25, 0.3) is 11.3 Å². The molecule has 2 aromatic rings. The molecule has 0 bridgehead atoms. The zero-order valence-electron chi connectivity index (χ0n) is 12.6. The fourth-order valence-electron chi connectivity index (χ4n) is 1.96. The van der Waals surface area contributed by atoms with Crippen LogP contribution in [0.1, 0.15) is 5.76 Å². The Kier molecular flexibility index (Phi) is 5.67. The number of ether oxygens (including phenoxy) is 1. The number of nitrogens with one attached hydrogen (secondary N) is 1. The normalized spacial score (nSPS) is 11.1. The van der Waals surface area contributed by atoms with Crippen molar-refractivity contribution < 1.29 is 9.15 Å². The van der Waals surface area contributed by atoms with Gasteiger partial charge in [-0.3, -0.25) is 0 Å². The number of methoxy groups -OCH3 is 1. The summed E-state index contributed by atoms with van der Waals surface area (Å²) in [5.74, 6) is 2.39. The Balaban J connectivity index is 1.97. The third-order valence-electron chi connectivity index (χ3n) is 3.13. The van der Waals surface area contributed by atoms with Gasteiger partial charge in [0.25, 0.3) is 0 Å². The van der Waals surface area contributed by atoms with Crippen molar-refractivity contribution in [1.82, 2.24) is 10.2 Å². The van der Waals surface area contributed by atoms with Crippen molar-refractivity contribution in [2.75, 3.05) is 34.3 Å². The van der Waals surface area contributed by atoms with Crippen LogP contribution in [-0.4, -0.2) is 39.2 Å². The molecule has 0 unspecified atom stereocenters. The first-order valence-electron chi connectivity index (χ1n) is 6.88. The van der Waals surface area contributed by atoms with Crippen molar-refractivity contribution in [3.8, 4) is 17.1 Å². The maximum Gasteiger partial charge on any atom is 0.137 e. The predicted octanol–water partition coefficient (Wildman–Crippen LogP) is 3.26. The lowest BCUT2D eigenvalue weighted by Gasteiger charge is -2.09. The van der Waals surface area contributed by atoms with Gasteiger partial charge in [0, 0.05) is 18.7 Å². The SMILES string of the molecule is COc1ccc(-c2ccc(CNCCN(C)C)o2)cc1Cl. The van der Waals surface area contributed by atoms with E-state index in [1.807, 2.05) is 30.3 Å². The Morgan fingerprint density at radius 1 is 1.24 bits per heavy atom. The molecule has 0 aliphatic carbocycles. The van der Waals surface area contributed by atoms with E-state index in [9.17, 15) is 0 Å². The van der Waals surface area contributed by atoms with E-state index < -0.39 is 0 Å². The summed E-state index contributed by atoms with van der Waals surface area (Å²) in [6.45, 7) is 2.65. The van der Waals surface area contributed by atoms with Crippen molar-refractivity contribution in [1.29, 1.82) is 0 Å². The second kappa shape index (κ2) is 7.50. The van der Waals surface area contributed by atoms with E-state index in [0.717, 1.165) is 36.7 Å². The van der Waals surface area contributed by atoms with E-state index in [1.165, 1.54) is 0 Å². The molecule has 0 aliphatic heterocycles. The molecule has 5 heteroatoms. The van der Waals surface area contributed by atoms with E-state index >= 15 is 0 Å². The van der Waals surface area contributed by atoms with Gasteiger partial charge in [-0.1, -0.05) is 11.6 Å². The average molecular weight is 309 g/mol. The fraction of sp³-hybridized carbons (Fsp3) is 0.375. The zero-order chi connectivity index (χ0) is 15.2. The number of hydrogen-bond donors (Lipinski definition) is 1. The van der Waals surface area contributed by atoms with Crippen LogP contribution in [0, 0.1) is 0 Å². The van der Waals surface area contributed by atoms with Crippen LogP contribution in [-0.2, 0) is 6.54 Å². The minimum atomic E-state index is 0.581. The Bertz CT molecular complexity index is 581. The fourth-order valence-corrected chi connectivity index (χ4v) is 2.22. The quantitative estimate of drug-likeness (QED) is 0.797. The largest absolute Gasteiger partial charge is 0.495 e. The molecule has 21 heavy (non-hydrogen) atoms. The molecule has 0 amide bonds. The Morgan fingerprint density at radius 3 is 2.71 bits per heavy atom. The van der Waals surface area contributed by atoms with Crippen molar-refractivity contribution in [2.45, 2.75) is 6.54 Å². The van der Waals surface area contributed by atoms with Gasteiger partial charge < -0.3 is 19.4 Å². The van der Waals surface area contributed by atoms with Crippen LogP contribution in [0.15, 0.2) is 34.7 Å². The summed E-state index contributed by atoms with van der Waals surface area (Å²) in [6.07, 6.45) is 0. The molecule has 0 atom stereocenters. The topological polar surface area (TPSA) is 37.6 Å². The maximum absolute atomic E-state index is 6.13. The van der Waals surface area contributed by atoms with Gasteiger partial charge in [0.2, 0.25) is 0 Å². The minimum absolute atomic E-state index is 0.581. The molecule has 0 saturated heterocycles. The number of likely N-dealkylation sites (N-methyl/N-ethyl adjacent to an activating group) is 1. The summed E-state index contributed by atoms with van der Waals surface area (Å²) in [6, 6.07) is 9.57. The first kappa shape index (κ1) is 15.9. The van der Waals surface area contributed by atoms with Crippen LogP contribution in [0.2, 0.25) is 5.02 Å². The monoisotopic (exact) mass is 308 g/mol. The van der Waals surface area contributed by atoms with Crippen LogP contribution < -0.4 is 10.1 Å². The molecule has 2 rings (SSSR count). The number of furan rings is 1. The van der Waals surface area contributed by atoms with Gasteiger partial charge in [-0.15, -0.1) is 0 Å². The van der Waals surface area contributed by atoms with Crippen LogP contribution in [0.5, 0.6) is 5.75 Å². The van der Waals surface area contributed by atoms with Gasteiger partial charge in [0.1, 0.15) is 17.3 Å². The average Bonchev–Trinajstić information content (AvgIpc) is 2.92. The Morgan fingerprint density at radius 2 is 2.05 bits per heavy atom. The third kappa shape index (κ3) is 4.49. The van der Waals surface area contributed by atoms with E-state index in [0.29, 0.717) is 10.8 Å². The van der Waals surface area contributed by atoms with E-state index in [-0.39, 0.29) is 0 Å². The number of hydrogen-bond acceptors (Lipinski definition) is 4. The van der Waals surface area contributed by atoms with E-state index in [4.69, 9.17) is 20.8 Å². The van der Waals surface area contributed by atoms with Crippen molar-refractivity contribution in [2.24, 2.45) is 0 Å². The second-order valence-corrected chi connectivity index (χ2v) is 5.50. The Labute approximate surface area is 130 Å². The van der Waals surface area contributed by atoms with Gasteiger partial charge >= 0.3 is 0 Å². The minimum Gasteiger partial charge on any atom is -0.495 e. The molecular formula is C16H21ClN2O2. The van der Waals surface area contributed by atoms with E-state index in [2.05, 4.69) is 24.3 Å². The number of halogens is 1. The first-order chi connectivity index (χ1) is 10.1. The van der Waals surface area contributed by atoms with Gasteiger partial charge in [0.15, 0.2) is 0 Å². The summed E-state index contributed by atoms with van der Waals surface area (Å²) in [7, 11) is 5.71. The molecule has 1 heterocycles. The Hall–Kier alpha value is -1.49. The maximum atomic E-state index is 6.13. The van der Waals surface area contributed by atoms with Crippen molar-refractivity contribution >= 4 is 11.6 Å². The molecular weight excluding hydrogens is 288 g/mol. The van der Waals surface area contributed by atoms with Gasteiger partial charge in [-0.05, 0) is 44.4 Å². The molecule has 0 fully saturated rings. The van der Waals surface area contributed by atoms with Crippen LogP contribution in [0.4, 0.5) is 0 Å². The van der Waals surface area contributed by atoms with Gasteiger partial charge in [0.05, 0.1) is 18.7 Å². The third-order valence-corrected chi connectivity index (χ3v) is 3.43. The van der Waals surface area contributed by atoms with Gasteiger partial charge in [-0.2, -0.15) is 0 Å². The smallest absolute Gasteiger partial charge is 0.137 e. The zero-order valence-corrected chi connectivity index (χ0v) is 13.4. The van der Waals surface area contributed by atoms with Crippen LogP contribution in [0.3, 0.4) is 0 Å². The highest BCUT2D eigenvalue weighted by Gasteiger charge is 2.08. The van der Waals surface area contributed by atoms with Crippen molar-refractivity contribution in [3.05, 3.63) is 41.1 Å². The molecule has 1 N–H and O–H groups in total. The molecule has 0 saturated carbocycles. The lowest BCUT2D eigenvalue weighted by Crippen LogP contribution is -2.25. The number of nitrogens with zero attached hydrogens (tertiary/aromatic N) is 1. The molecule has 0 spiro atoms. The number of benzene rings is 1. The lowest BCUT2D eigenvalue weighted by atomic mass is 10.2. The highest BCUT2D eigenvalue weighted by Crippen LogP contribution is 2.30. The summed E-state index contributed by atoms with van der Waals surface area (Å²) < 4.78 is 11.0. The van der Waals surface area contributed by atoms with Crippen LogP contribution >= 0.6 is 11.6 Å².